The van der Waals surface area contributed by atoms with E-state index in [9.17, 15) is 9.59 Å². The zero-order chi connectivity index (χ0) is 14.5. The van der Waals surface area contributed by atoms with E-state index in [0.29, 0.717) is 5.16 Å². The minimum Gasteiger partial charge on any atom is -0.335 e. The van der Waals surface area contributed by atoms with Crippen molar-refractivity contribution in [3.8, 4) is 0 Å². The smallest absolute Gasteiger partial charge is 0.321 e. The lowest BCUT2D eigenvalue weighted by Crippen LogP contribution is -2.45. The van der Waals surface area contributed by atoms with Gasteiger partial charge in [-0.3, -0.25) is 10.1 Å². The minimum atomic E-state index is -0.410. The van der Waals surface area contributed by atoms with E-state index in [-0.39, 0.29) is 11.9 Å². The molecule has 0 aromatic carbocycles. The van der Waals surface area contributed by atoms with Gasteiger partial charge in [-0.25, -0.2) is 4.79 Å². The van der Waals surface area contributed by atoms with Crippen molar-refractivity contribution < 1.29 is 9.59 Å². The maximum atomic E-state index is 11.9. The molecule has 1 aliphatic carbocycles. The predicted octanol–water partition coefficient (Wildman–Crippen LogP) is 1.06. The lowest BCUT2D eigenvalue weighted by molar-refractivity contribution is -0.119. The third-order valence-corrected chi connectivity index (χ3v) is 4.40. The van der Waals surface area contributed by atoms with E-state index in [1.165, 1.54) is 11.8 Å². The van der Waals surface area contributed by atoms with Crippen molar-refractivity contribution in [1.82, 2.24) is 25.4 Å². The van der Waals surface area contributed by atoms with Gasteiger partial charge in [0, 0.05) is 13.1 Å². The van der Waals surface area contributed by atoms with Crippen LogP contribution >= 0.6 is 11.8 Å². The highest BCUT2D eigenvalue weighted by molar-refractivity contribution is 8.00. The van der Waals surface area contributed by atoms with Crippen LogP contribution in [0.2, 0.25) is 0 Å². The molecule has 1 fully saturated rings. The Balaban J connectivity index is 1.78. The number of carbonyl (C=O) groups is 2. The Bertz CT molecular complexity index is 484. The van der Waals surface area contributed by atoms with E-state index in [1.807, 2.05) is 0 Å². The lowest BCUT2D eigenvalue weighted by atomic mass is 10.2. The normalized spacial score (nSPS) is 16.9. The topological polar surface area (TPSA) is 88.9 Å². The Morgan fingerprint density at radius 2 is 2.15 bits per heavy atom. The molecule has 0 aliphatic heterocycles. The molecule has 1 saturated carbocycles. The monoisotopic (exact) mass is 297 g/mol. The highest BCUT2D eigenvalue weighted by atomic mass is 32.2. The summed E-state index contributed by atoms with van der Waals surface area (Å²) in [6.07, 6.45) is 5.82. The predicted molar refractivity (Wildman–Crippen MR) is 75.3 cm³/mol. The summed E-state index contributed by atoms with van der Waals surface area (Å²) in [4.78, 5) is 23.6. The van der Waals surface area contributed by atoms with E-state index in [4.69, 9.17) is 0 Å². The van der Waals surface area contributed by atoms with Crippen LogP contribution in [0.1, 0.15) is 32.6 Å². The van der Waals surface area contributed by atoms with Crippen molar-refractivity contribution in [2.75, 3.05) is 0 Å². The Hall–Kier alpha value is -1.57. The largest absolute Gasteiger partial charge is 0.335 e. The molecule has 1 heterocycles. The first kappa shape index (κ1) is 14.8. The third kappa shape index (κ3) is 3.96. The van der Waals surface area contributed by atoms with Crippen LogP contribution in [0, 0.1) is 0 Å². The first-order valence-electron chi connectivity index (χ1n) is 6.68. The van der Waals surface area contributed by atoms with Gasteiger partial charge in [-0.1, -0.05) is 24.6 Å². The molecule has 0 radical (unpaired) electrons. The van der Waals surface area contributed by atoms with E-state index >= 15 is 0 Å². The Labute approximate surface area is 121 Å². The molecule has 20 heavy (non-hydrogen) atoms. The van der Waals surface area contributed by atoms with Crippen LogP contribution in [0.3, 0.4) is 0 Å². The summed E-state index contributed by atoms with van der Waals surface area (Å²) in [6.45, 7) is 1.73. The third-order valence-electron chi connectivity index (χ3n) is 3.25. The van der Waals surface area contributed by atoms with Crippen molar-refractivity contribution in [1.29, 1.82) is 0 Å². The molecule has 0 bridgehead atoms. The molecule has 0 saturated heterocycles. The Kier molecular flexibility index (Phi) is 4.99. The maximum Gasteiger partial charge on any atom is 0.321 e. The number of hydrogen-bond donors (Lipinski definition) is 2. The number of amides is 3. The van der Waals surface area contributed by atoms with E-state index in [1.54, 1.807) is 24.9 Å². The second kappa shape index (κ2) is 6.74. The second-order valence-electron chi connectivity index (χ2n) is 4.93. The fourth-order valence-corrected chi connectivity index (χ4v) is 2.89. The van der Waals surface area contributed by atoms with Gasteiger partial charge in [-0.15, -0.1) is 10.2 Å². The Morgan fingerprint density at radius 3 is 2.75 bits per heavy atom. The summed E-state index contributed by atoms with van der Waals surface area (Å²) in [6, 6.07) is -0.211. The van der Waals surface area contributed by atoms with Crippen molar-refractivity contribution >= 4 is 23.7 Å². The molecular weight excluding hydrogens is 278 g/mol. The highest BCUT2D eigenvalue weighted by Gasteiger charge is 2.22. The minimum absolute atomic E-state index is 0.199. The molecule has 0 unspecified atom stereocenters. The summed E-state index contributed by atoms with van der Waals surface area (Å²) in [7, 11) is 1.81. The first-order chi connectivity index (χ1) is 9.56. The van der Waals surface area contributed by atoms with Crippen LogP contribution in [0.15, 0.2) is 11.5 Å². The second-order valence-corrected chi connectivity index (χ2v) is 6.24. The number of urea groups is 1. The van der Waals surface area contributed by atoms with Crippen LogP contribution in [-0.4, -0.2) is 38.0 Å². The highest BCUT2D eigenvalue weighted by Crippen LogP contribution is 2.20. The molecule has 1 atom stereocenters. The molecule has 1 aromatic rings. The standard InChI is InChI=1S/C12H19N5O2S/c1-8(20-12-16-13-7-17(12)2)10(18)15-11(19)14-9-5-3-4-6-9/h7-9H,3-6H2,1-2H3,(H2,14,15,18,19)/t8-/m1/s1. The number of imide groups is 1. The van der Waals surface area contributed by atoms with Gasteiger partial charge in [-0.05, 0) is 19.8 Å². The summed E-state index contributed by atoms with van der Waals surface area (Å²) in [5.41, 5.74) is 0. The summed E-state index contributed by atoms with van der Waals surface area (Å²) < 4.78 is 1.73. The fourth-order valence-electron chi connectivity index (χ4n) is 2.10. The molecule has 0 spiro atoms. The Morgan fingerprint density at radius 1 is 1.45 bits per heavy atom. The molecule has 3 amide bonds. The lowest BCUT2D eigenvalue weighted by Gasteiger charge is -2.14. The van der Waals surface area contributed by atoms with E-state index < -0.39 is 11.3 Å². The number of thioether (sulfide) groups is 1. The molecular formula is C12H19N5O2S. The van der Waals surface area contributed by atoms with Crippen LogP contribution in [0.5, 0.6) is 0 Å². The quantitative estimate of drug-likeness (QED) is 0.811. The fraction of sp³-hybridized carbons (Fsp3) is 0.667. The summed E-state index contributed by atoms with van der Waals surface area (Å²) >= 11 is 1.27. The molecule has 2 rings (SSSR count). The van der Waals surface area contributed by atoms with Crippen molar-refractivity contribution in [2.24, 2.45) is 7.05 Å². The zero-order valence-electron chi connectivity index (χ0n) is 11.6. The number of aromatic nitrogens is 3. The average Bonchev–Trinajstić information content (AvgIpc) is 3.02. The maximum absolute atomic E-state index is 11.9. The number of aryl methyl sites for hydroxylation is 1. The van der Waals surface area contributed by atoms with Crippen molar-refractivity contribution in [2.45, 2.75) is 49.1 Å². The molecule has 110 valence electrons. The summed E-state index contributed by atoms with van der Waals surface area (Å²) in [5, 5.41) is 13.1. The van der Waals surface area contributed by atoms with Crippen LogP contribution in [0.4, 0.5) is 4.79 Å². The van der Waals surface area contributed by atoms with Gasteiger partial charge in [0.2, 0.25) is 5.91 Å². The molecule has 2 N–H and O–H groups in total. The van der Waals surface area contributed by atoms with Crippen LogP contribution in [0.25, 0.3) is 0 Å². The molecule has 1 aromatic heterocycles. The van der Waals surface area contributed by atoms with Crippen molar-refractivity contribution in [3.63, 3.8) is 0 Å². The average molecular weight is 297 g/mol. The summed E-state index contributed by atoms with van der Waals surface area (Å²) in [5.74, 6) is -0.325. The van der Waals surface area contributed by atoms with Gasteiger partial charge < -0.3 is 9.88 Å². The number of carbonyl (C=O) groups excluding carboxylic acids is 2. The van der Waals surface area contributed by atoms with Gasteiger partial charge in [0.05, 0.1) is 5.25 Å². The van der Waals surface area contributed by atoms with Crippen LogP contribution in [-0.2, 0) is 11.8 Å². The zero-order valence-corrected chi connectivity index (χ0v) is 12.4. The van der Waals surface area contributed by atoms with Gasteiger partial charge >= 0.3 is 6.03 Å². The molecule has 7 nitrogen and oxygen atoms in total. The number of nitrogens with zero attached hydrogens (tertiary/aromatic N) is 3. The van der Waals surface area contributed by atoms with Gasteiger partial charge in [0.15, 0.2) is 5.16 Å². The number of hydrogen-bond acceptors (Lipinski definition) is 5. The van der Waals surface area contributed by atoms with Crippen LogP contribution < -0.4 is 10.6 Å². The van der Waals surface area contributed by atoms with Gasteiger partial charge in [0.1, 0.15) is 6.33 Å². The molecule has 8 heteroatoms. The SMILES string of the molecule is C[C@@H](Sc1nncn1C)C(=O)NC(=O)NC1CCCC1. The van der Waals surface area contributed by atoms with Crippen molar-refractivity contribution in [3.05, 3.63) is 6.33 Å². The molecule has 1 aliphatic rings. The van der Waals surface area contributed by atoms with Gasteiger partial charge in [-0.2, -0.15) is 0 Å². The van der Waals surface area contributed by atoms with E-state index in [2.05, 4.69) is 20.8 Å². The first-order valence-corrected chi connectivity index (χ1v) is 7.56. The van der Waals surface area contributed by atoms with E-state index in [0.717, 1.165) is 25.7 Å². The number of rotatable bonds is 4. The van der Waals surface area contributed by atoms with Gasteiger partial charge in [0.25, 0.3) is 0 Å². The number of nitrogens with one attached hydrogen (secondary N) is 2.